The molecular formula is C7H13N5. The minimum Gasteiger partial charge on any atom is -0.271 e. The van der Waals surface area contributed by atoms with Crippen LogP contribution in [0.15, 0.2) is 6.33 Å². The Labute approximate surface area is 70.7 Å². The summed E-state index contributed by atoms with van der Waals surface area (Å²) in [6, 6.07) is 0.139. The minimum atomic E-state index is 0.139. The molecule has 5 heteroatoms. The molecule has 1 heterocycles. The molecule has 12 heavy (non-hydrogen) atoms. The molecule has 66 valence electrons. The van der Waals surface area contributed by atoms with Gasteiger partial charge in [-0.1, -0.05) is 12.8 Å². The SMILES string of the molecule is NNC(CC1CC1)c1ncn[nH]1. The molecule has 0 aliphatic heterocycles. The van der Waals surface area contributed by atoms with Crippen molar-refractivity contribution in [2.75, 3.05) is 0 Å². The maximum absolute atomic E-state index is 5.40. The lowest BCUT2D eigenvalue weighted by atomic mass is 10.1. The highest BCUT2D eigenvalue weighted by Crippen LogP contribution is 2.36. The summed E-state index contributed by atoms with van der Waals surface area (Å²) < 4.78 is 0. The molecule has 0 saturated heterocycles. The number of H-pyrrole nitrogens is 1. The number of nitrogens with zero attached hydrogens (tertiary/aromatic N) is 2. The van der Waals surface area contributed by atoms with E-state index in [0.29, 0.717) is 0 Å². The number of hydrazine groups is 1. The van der Waals surface area contributed by atoms with Crippen LogP contribution in [0.25, 0.3) is 0 Å². The lowest BCUT2D eigenvalue weighted by molar-refractivity contribution is 0.466. The van der Waals surface area contributed by atoms with Crippen LogP contribution in [0.4, 0.5) is 0 Å². The van der Waals surface area contributed by atoms with Gasteiger partial charge in [-0.3, -0.25) is 10.9 Å². The molecule has 0 amide bonds. The van der Waals surface area contributed by atoms with Gasteiger partial charge in [-0.2, -0.15) is 5.10 Å². The molecule has 1 fully saturated rings. The Morgan fingerprint density at radius 3 is 3.08 bits per heavy atom. The average molecular weight is 167 g/mol. The quantitative estimate of drug-likeness (QED) is 0.439. The van der Waals surface area contributed by atoms with Gasteiger partial charge in [0, 0.05) is 0 Å². The molecule has 4 N–H and O–H groups in total. The summed E-state index contributed by atoms with van der Waals surface area (Å²) in [6.45, 7) is 0. The van der Waals surface area contributed by atoms with Crippen LogP contribution in [0.5, 0.6) is 0 Å². The normalized spacial score (nSPS) is 19.4. The summed E-state index contributed by atoms with van der Waals surface area (Å²) in [5.41, 5.74) is 2.74. The second-order valence-corrected chi connectivity index (χ2v) is 3.27. The first-order chi connectivity index (χ1) is 5.90. The van der Waals surface area contributed by atoms with Crippen LogP contribution in [0.3, 0.4) is 0 Å². The minimum absolute atomic E-state index is 0.139. The van der Waals surface area contributed by atoms with Crippen molar-refractivity contribution in [1.82, 2.24) is 20.6 Å². The van der Waals surface area contributed by atoms with E-state index in [2.05, 4.69) is 20.6 Å². The summed E-state index contributed by atoms with van der Waals surface area (Å²) in [6.07, 6.45) is 5.22. The van der Waals surface area contributed by atoms with E-state index in [0.717, 1.165) is 18.2 Å². The zero-order valence-electron chi connectivity index (χ0n) is 6.83. The maximum Gasteiger partial charge on any atom is 0.142 e. The van der Waals surface area contributed by atoms with Gasteiger partial charge in [0.25, 0.3) is 0 Å². The van der Waals surface area contributed by atoms with Crippen LogP contribution in [-0.2, 0) is 0 Å². The summed E-state index contributed by atoms with van der Waals surface area (Å²) in [4.78, 5) is 4.06. The van der Waals surface area contributed by atoms with E-state index in [1.165, 1.54) is 19.2 Å². The molecule has 1 aromatic rings. The van der Waals surface area contributed by atoms with E-state index in [-0.39, 0.29) is 6.04 Å². The lowest BCUT2D eigenvalue weighted by Crippen LogP contribution is -2.29. The van der Waals surface area contributed by atoms with Crippen LogP contribution < -0.4 is 11.3 Å². The van der Waals surface area contributed by atoms with Gasteiger partial charge in [-0.05, 0) is 12.3 Å². The Morgan fingerprint density at radius 1 is 1.75 bits per heavy atom. The van der Waals surface area contributed by atoms with Crippen LogP contribution >= 0.6 is 0 Å². The summed E-state index contributed by atoms with van der Waals surface area (Å²) in [5, 5.41) is 6.60. The van der Waals surface area contributed by atoms with Crippen LogP contribution in [0.2, 0.25) is 0 Å². The second-order valence-electron chi connectivity index (χ2n) is 3.27. The van der Waals surface area contributed by atoms with Crippen molar-refractivity contribution in [3.05, 3.63) is 12.2 Å². The highest BCUT2D eigenvalue weighted by atomic mass is 15.3. The fourth-order valence-corrected chi connectivity index (χ4v) is 1.33. The Bertz CT molecular complexity index is 228. The molecule has 0 spiro atoms. The topological polar surface area (TPSA) is 79.6 Å². The standard InChI is InChI=1S/C7H13N5/c8-11-6(3-5-1-2-5)7-9-4-10-12-7/h4-6,11H,1-3,8H2,(H,9,10,12). The predicted molar refractivity (Wildman–Crippen MR) is 43.8 cm³/mol. The van der Waals surface area contributed by atoms with Gasteiger partial charge >= 0.3 is 0 Å². The van der Waals surface area contributed by atoms with Gasteiger partial charge in [-0.15, -0.1) is 0 Å². The molecular weight excluding hydrogens is 154 g/mol. The summed E-state index contributed by atoms with van der Waals surface area (Å²) in [7, 11) is 0. The molecule has 0 bridgehead atoms. The Hall–Kier alpha value is -0.940. The highest BCUT2D eigenvalue weighted by Gasteiger charge is 2.26. The predicted octanol–water partition coefficient (Wildman–Crippen LogP) is 0.109. The van der Waals surface area contributed by atoms with Crippen molar-refractivity contribution in [3.8, 4) is 0 Å². The fourth-order valence-electron chi connectivity index (χ4n) is 1.33. The average Bonchev–Trinajstić information content (AvgIpc) is 2.74. The lowest BCUT2D eigenvalue weighted by Gasteiger charge is -2.11. The Kier molecular flexibility index (Phi) is 2.05. The molecule has 1 aliphatic carbocycles. The van der Waals surface area contributed by atoms with Gasteiger partial charge in [0.15, 0.2) is 0 Å². The van der Waals surface area contributed by atoms with E-state index < -0.39 is 0 Å². The highest BCUT2D eigenvalue weighted by molar-refractivity contribution is 4.93. The van der Waals surface area contributed by atoms with E-state index >= 15 is 0 Å². The maximum atomic E-state index is 5.40. The molecule has 1 saturated carbocycles. The van der Waals surface area contributed by atoms with E-state index in [1.807, 2.05) is 0 Å². The van der Waals surface area contributed by atoms with Crippen molar-refractivity contribution >= 4 is 0 Å². The number of aromatic amines is 1. The summed E-state index contributed by atoms with van der Waals surface area (Å²) in [5.74, 6) is 7.07. The van der Waals surface area contributed by atoms with E-state index in [9.17, 15) is 0 Å². The molecule has 2 rings (SSSR count). The number of nitrogens with two attached hydrogens (primary N) is 1. The number of hydrogen-bond acceptors (Lipinski definition) is 4. The Balaban J connectivity index is 1.97. The Morgan fingerprint density at radius 2 is 2.58 bits per heavy atom. The first-order valence-corrected chi connectivity index (χ1v) is 4.21. The molecule has 1 aromatic heterocycles. The number of hydrogen-bond donors (Lipinski definition) is 3. The zero-order valence-corrected chi connectivity index (χ0v) is 6.83. The van der Waals surface area contributed by atoms with Crippen molar-refractivity contribution in [2.24, 2.45) is 11.8 Å². The molecule has 1 unspecified atom stereocenters. The largest absolute Gasteiger partial charge is 0.271 e. The molecule has 1 aliphatic rings. The third kappa shape index (κ3) is 1.62. The van der Waals surface area contributed by atoms with Crippen LogP contribution in [0, 0.1) is 5.92 Å². The van der Waals surface area contributed by atoms with Crippen molar-refractivity contribution in [1.29, 1.82) is 0 Å². The van der Waals surface area contributed by atoms with Gasteiger partial charge in [0.2, 0.25) is 0 Å². The molecule has 0 aromatic carbocycles. The van der Waals surface area contributed by atoms with Crippen molar-refractivity contribution < 1.29 is 0 Å². The van der Waals surface area contributed by atoms with E-state index in [4.69, 9.17) is 5.84 Å². The van der Waals surface area contributed by atoms with Gasteiger partial charge < -0.3 is 0 Å². The molecule has 1 atom stereocenters. The van der Waals surface area contributed by atoms with Gasteiger partial charge in [0.1, 0.15) is 12.2 Å². The number of rotatable bonds is 4. The van der Waals surface area contributed by atoms with Crippen molar-refractivity contribution in [3.63, 3.8) is 0 Å². The van der Waals surface area contributed by atoms with Crippen molar-refractivity contribution in [2.45, 2.75) is 25.3 Å². The van der Waals surface area contributed by atoms with E-state index in [1.54, 1.807) is 0 Å². The van der Waals surface area contributed by atoms with Gasteiger partial charge in [-0.25, -0.2) is 10.4 Å². The third-order valence-electron chi connectivity index (χ3n) is 2.23. The zero-order chi connectivity index (χ0) is 8.39. The fraction of sp³-hybridized carbons (Fsp3) is 0.714. The second kappa shape index (κ2) is 3.20. The summed E-state index contributed by atoms with van der Waals surface area (Å²) >= 11 is 0. The number of nitrogens with one attached hydrogen (secondary N) is 2. The third-order valence-corrected chi connectivity index (χ3v) is 2.23. The first kappa shape index (κ1) is 7.70. The molecule has 0 radical (unpaired) electrons. The van der Waals surface area contributed by atoms with Crippen LogP contribution in [-0.4, -0.2) is 15.2 Å². The molecule has 5 nitrogen and oxygen atoms in total. The number of aromatic nitrogens is 3. The smallest absolute Gasteiger partial charge is 0.142 e. The monoisotopic (exact) mass is 167 g/mol. The first-order valence-electron chi connectivity index (χ1n) is 4.21. The van der Waals surface area contributed by atoms with Crippen LogP contribution in [0.1, 0.15) is 31.1 Å². The van der Waals surface area contributed by atoms with Gasteiger partial charge in [0.05, 0.1) is 6.04 Å².